The number of Topliss-reactive ketones (excluding diaryl/α,β-unsaturated/α-hetero) is 1. The lowest BCUT2D eigenvalue weighted by Crippen LogP contribution is -2.29. The molecule has 0 fully saturated rings. The number of carbonyl (C=O) groups is 2. The predicted molar refractivity (Wildman–Crippen MR) is 100 cm³/mol. The second-order valence-corrected chi connectivity index (χ2v) is 7.09. The van der Waals surface area contributed by atoms with Gasteiger partial charge in [0.25, 0.3) is 0 Å². The molecule has 0 radical (unpaired) electrons. The standard InChI is InChI=1S/C20H18Cl2O4/c1-3-25-15(23)11-26-14-9-12-10-20(2,13-7-5-4-6-8-13)19(24)16(12)18(22)17(14)21/h4-9H,3,10-11H2,1-2H3. The molecule has 4 nitrogen and oxygen atoms in total. The van der Waals surface area contributed by atoms with E-state index in [1.54, 1.807) is 13.0 Å². The number of ether oxygens (including phenoxy) is 2. The van der Waals surface area contributed by atoms with Gasteiger partial charge in [-0.3, -0.25) is 4.79 Å². The summed E-state index contributed by atoms with van der Waals surface area (Å²) in [5.74, 6) is -0.290. The number of halogens is 2. The monoisotopic (exact) mass is 392 g/mol. The third kappa shape index (κ3) is 3.19. The largest absolute Gasteiger partial charge is 0.480 e. The van der Waals surface area contributed by atoms with Crippen molar-refractivity contribution in [3.05, 3.63) is 63.1 Å². The highest BCUT2D eigenvalue weighted by Crippen LogP contribution is 2.47. The zero-order valence-corrected chi connectivity index (χ0v) is 16.0. The summed E-state index contributed by atoms with van der Waals surface area (Å²) in [6.07, 6.45) is 0.484. The van der Waals surface area contributed by atoms with Crippen LogP contribution in [0, 0.1) is 0 Å². The van der Waals surface area contributed by atoms with Crippen LogP contribution in [0.3, 0.4) is 0 Å². The first-order valence-electron chi connectivity index (χ1n) is 8.28. The van der Waals surface area contributed by atoms with Crippen LogP contribution in [0.1, 0.15) is 35.3 Å². The summed E-state index contributed by atoms with van der Waals surface area (Å²) < 4.78 is 10.3. The molecule has 2 aromatic rings. The molecule has 0 saturated heterocycles. The normalized spacial score (nSPS) is 18.5. The molecule has 6 heteroatoms. The Labute approximate surface area is 162 Å². The molecule has 0 N–H and O–H groups in total. The number of ketones is 1. The van der Waals surface area contributed by atoms with Crippen LogP contribution < -0.4 is 4.74 Å². The van der Waals surface area contributed by atoms with Gasteiger partial charge in [-0.05, 0) is 37.5 Å². The lowest BCUT2D eigenvalue weighted by atomic mass is 9.79. The summed E-state index contributed by atoms with van der Waals surface area (Å²) in [4.78, 5) is 24.6. The molecule has 1 aliphatic rings. The van der Waals surface area contributed by atoms with Crippen LogP contribution in [0.5, 0.6) is 5.75 Å². The fourth-order valence-corrected chi connectivity index (χ4v) is 3.76. The molecule has 0 aliphatic heterocycles. The van der Waals surface area contributed by atoms with Gasteiger partial charge < -0.3 is 9.47 Å². The minimum atomic E-state index is -0.712. The quantitative estimate of drug-likeness (QED) is 0.695. The molecule has 0 spiro atoms. The summed E-state index contributed by atoms with van der Waals surface area (Å²) in [6, 6.07) is 11.3. The molecular weight excluding hydrogens is 375 g/mol. The first-order valence-corrected chi connectivity index (χ1v) is 9.03. The number of hydrogen-bond donors (Lipinski definition) is 0. The SMILES string of the molecule is CCOC(=O)COc1cc2c(c(Cl)c1Cl)C(=O)C(C)(c1ccccc1)C2. The molecule has 3 rings (SSSR count). The summed E-state index contributed by atoms with van der Waals surface area (Å²) in [5.41, 5.74) is 1.39. The van der Waals surface area contributed by atoms with E-state index in [0.29, 0.717) is 12.0 Å². The Morgan fingerprint density at radius 3 is 2.54 bits per heavy atom. The molecule has 2 aromatic carbocycles. The van der Waals surface area contributed by atoms with Gasteiger partial charge in [-0.25, -0.2) is 4.79 Å². The first-order chi connectivity index (χ1) is 12.4. The van der Waals surface area contributed by atoms with Crippen molar-refractivity contribution >= 4 is 35.0 Å². The number of rotatable bonds is 5. The van der Waals surface area contributed by atoms with E-state index in [1.807, 2.05) is 37.3 Å². The van der Waals surface area contributed by atoms with Gasteiger partial charge in [0.15, 0.2) is 12.4 Å². The molecule has 136 valence electrons. The summed E-state index contributed by atoms with van der Waals surface area (Å²) in [6.45, 7) is 3.61. The van der Waals surface area contributed by atoms with Gasteiger partial charge in [0.2, 0.25) is 0 Å². The Hall–Kier alpha value is -2.04. The average molecular weight is 393 g/mol. The van der Waals surface area contributed by atoms with Crippen LogP contribution in [-0.2, 0) is 21.4 Å². The van der Waals surface area contributed by atoms with Gasteiger partial charge in [0, 0.05) is 5.56 Å². The number of benzene rings is 2. The van der Waals surface area contributed by atoms with Crippen molar-refractivity contribution in [3.63, 3.8) is 0 Å². The fourth-order valence-electron chi connectivity index (χ4n) is 3.26. The van der Waals surface area contributed by atoms with E-state index in [9.17, 15) is 9.59 Å². The highest BCUT2D eigenvalue weighted by molar-refractivity contribution is 6.45. The Bertz CT molecular complexity index is 864. The van der Waals surface area contributed by atoms with E-state index in [4.69, 9.17) is 32.7 Å². The molecule has 1 atom stereocenters. The zero-order chi connectivity index (χ0) is 18.9. The van der Waals surface area contributed by atoms with Crippen molar-refractivity contribution in [1.82, 2.24) is 0 Å². The smallest absolute Gasteiger partial charge is 0.344 e. The van der Waals surface area contributed by atoms with Gasteiger partial charge in [-0.1, -0.05) is 53.5 Å². The van der Waals surface area contributed by atoms with Gasteiger partial charge in [0.1, 0.15) is 10.8 Å². The highest BCUT2D eigenvalue weighted by Gasteiger charge is 2.45. The highest BCUT2D eigenvalue weighted by atomic mass is 35.5. The first kappa shape index (κ1) is 18.7. The summed E-state index contributed by atoms with van der Waals surface area (Å²) in [5, 5.41) is 0.285. The third-order valence-corrected chi connectivity index (χ3v) is 5.44. The van der Waals surface area contributed by atoms with Gasteiger partial charge in [-0.2, -0.15) is 0 Å². The lowest BCUT2D eigenvalue weighted by Gasteiger charge is -2.22. The van der Waals surface area contributed by atoms with E-state index in [0.717, 1.165) is 11.1 Å². The number of hydrogen-bond acceptors (Lipinski definition) is 4. The van der Waals surface area contributed by atoms with Crippen molar-refractivity contribution in [1.29, 1.82) is 0 Å². The maximum Gasteiger partial charge on any atom is 0.344 e. The van der Waals surface area contributed by atoms with E-state index in [1.165, 1.54) is 0 Å². The fraction of sp³-hybridized carbons (Fsp3) is 0.300. The van der Waals surface area contributed by atoms with E-state index in [-0.39, 0.29) is 34.8 Å². The maximum atomic E-state index is 13.1. The molecule has 0 saturated carbocycles. The zero-order valence-electron chi connectivity index (χ0n) is 14.5. The van der Waals surface area contributed by atoms with Gasteiger partial charge in [-0.15, -0.1) is 0 Å². The molecule has 0 aromatic heterocycles. The van der Waals surface area contributed by atoms with Crippen molar-refractivity contribution < 1.29 is 19.1 Å². The third-order valence-electron chi connectivity index (χ3n) is 4.59. The lowest BCUT2D eigenvalue weighted by molar-refractivity contribution is -0.145. The van der Waals surface area contributed by atoms with Crippen molar-refractivity contribution in [2.24, 2.45) is 0 Å². The Morgan fingerprint density at radius 1 is 1.19 bits per heavy atom. The molecule has 1 aliphatic carbocycles. The maximum absolute atomic E-state index is 13.1. The number of fused-ring (bicyclic) bond motifs is 1. The predicted octanol–water partition coefficient (Wildman–Crippen LogP) is 4.63. The van der Waals surface area contributed by atoms with Crippen LogP contribution in [-0.4, -0.2) is 25.0 Å². The van der Waals surface area contributed by atoms with Crippen LogP contribution in [0.15, 0.2) is 36.4 Å². The van der Waals surface area contributed by atoms with E-state index < -0.39 is 11.4 Å². The molecule has 0 heterocycles. The molecule has 0 bridgehead atoms. The minimum absolute atomic E-state index is 0.0671. The van der Waals surface area contributed by atoms with Crippen molar-refractivity contribution in [3.8, 4) is 5.75 Å². The molecule has 1 unspecified atom stereocenters. The molecule has 0 amide bonds. The van der Waals surface area contributed by atoms with Gasteiger partial charge >= 0.3 is 5.97 Å². The van der Waals surface area contributed by atoms with E-state index in [2.05, 4.69) is 0 Å². The molecular formula is C20H18Cl2O4. The minimum Gasteiger partial charge on any atom is -0.480 e. The summed E-state index contributed by atoms with van der Waals surface area (Å²) in [7, 11) is 0. The Kier molecular flexibility index (Phi) is 5.26. The van der Waals surface area contributed by atoms with E-state index >= 15 is 0 Å². The Balaban J connectivity index is 1.95. The second kappa shape index (κ2) is 7.29. The topological polar surface area (TPSA) is 52.6 Å². The number of esters is 1. The number of carbonyl (C=O) groups excluding carboxylic acids is 2. The average Bonchev–Trinajstić information content (AvgIpc) is 2.90. The van der Waals surface area contributed by atoms with Crippen molar-refractivity contribution in [2.75, 3.05) is 13.2 Å². The summed E-state index contributed by atoms with van der Waals surface area (Å²) >= 11 is 12.7. The van der Waals surface area contributed by atoms with Crippen LogP contribution in [0.2, 0.25) is 10.0 Å². The van der Waals surface area contributed by atoms with Gasteiger partial charge in [0.05, 0.1) is 17.0 Å². The second-order valence-electron chi connectivity index (χ2n) is 6.33. The van der Waals surface area contributed by atoms with Crippen LogP contribution in [0.4, 0.5) is 0 Å². The van der Waals surface area contributed by atoms with Crippen molar-refractivity contribution in [2.45, 2.75) is 25.7 Å². The van der Waals surface area contributed by atoms with Crippen LogP contribution in [0.25, 0.3) is 0 Å². The Morgan fingerprint density at radius 2 is 1.88 bits per heavy atom. The molecule has 26 heavy (non-hydrogen) atoms. The van der Waals surface area contributed by atoms with Crippen LogP contribution >= 0.6 is 23.2 Å².